The van der Waals surface area contributed by atoms with Crippen molar-refractivity contribution in [2.75, 3.05) is 0 Å². The number of nitrogens with zero attached hydrogens (tertiary/aromatic N) is 1. The number of alkyl halides is 2. The summed E-state index contributed by atoms with van der Waals surface area (Å²) in [6.45, 7) is 0. The molecule has 16 heavy (non-hydrogen) atoms. The summed E-state index contributed by atoms with van der Waals surface area (Å²) >= 11 is 8.78. The summed E-state index contributed by atoms with van der Waals surface area (Å²) in [6, 6.07) is 10.4. The van der Waals surface area contributed by atoms with Gasteiger partial charge < -0.3 is 4.55 Å². The number of halogens is 2. The number of rotatable bonds is 4. The zero-order valence-corrected chi connectivity index (χ0v) is 10.4. The van der Waals surface area contributed by atoms with Crippen molar-refractivity contribution in [3.63, 3.8) is 0 Å². The lowest BCUT2D eigenvalue weighted by atomic mass is 10.1. The van der Waals surface area contributed by atoms with E-state index in [2.05, 4.69) is 0 Å². The summed E-state index contributed by atoms with van der Waals surface area (Å²) in [5, 5.41) is 7.55. The molecule has 0 saturated heterocycles. The van der Waals surface area contributed by atoms with Gasteiger partial charge in [0.1, 0.15) is 6.07 Å². The van der Waals surface area contributed by atoms with Crippen molar-refractivity contribution < 1.29 is 8.76 Å². The molecule has 0 aromatic heterocycles. The maximum absolute atomic E-state index is 11.0. The molecule has 0 aliphatic heterocycles. The van der Waals surface area contributed by atoms with Crippen LogP contribution in [0.25, 0.3) is 0 Å². The highest BCUT2D eigenvalue weighted by Gasteiger charge is 2.36. The molecule has 0 fully saturated rings. The Morgan fingerprint density at radius 3 is 2.44 bits per heavy atom. The van der Waals surface area contributed by atoms with Gasteiger partial charge in [0.2, 0.25) is 4.33 Å². The van der Waals surface area contributed by atoms with Gasteiger partial charge in [0, 0.05) is 0 Å². The quantitative estimate of drug-likeness (QED) is 0.626. The van der Waals surface area contributed by atoms with Gasteiger partial charge in [-0.25, -0.2) is 0 Å². The molecular formula is C10H8Cl2NO2S-. The number of hydrogen-bond acceptors (Lipinski definition) is 3. The fourth-order valence-electron chi connectivity index (χ4n) is 1.22. The molecular weight excluding hydrogens is 269 g/mol. The van der Waals surface area contributed by atoms with Crippen LogP contribution in [-0.2, 0) is 17.5 Å². The van der Waals surface area contributed by atoms with Gasteiger partial charge in [0.15, 0.2) is 0 Å². The van der Waals surface area contributed by atoms with Crippen LogP contribution in [0.4, 0.5) is 0 Å². The second-order valence-electron chi connectivity index (χ2n) is 3.17. The molecule has 0 amide bonds. The molecule has 1 rings (SSSR count). The first-order valence-corrected chi connectivity index (χ1v) is 6.28. The van der Waals surface area contributed by atoms with E-state index < -0.39 is 20.7 Å². The van der Waals surface area contributed by atoms with E-state index in [9.17, 15) is 8.76 Å². The van der Waals surface area contributed by atoms with Crippen LogP contribution in [0, 0.1) is 11.3 Å². The molecule has 2 unspecified atom stereocenters. The molecule has 0 heterocycles. The summed E-state index contributed by atoms with van der Waals surface area (Å²) in [4.78, 5) is 0. The Hall–Kier alpha value is -0.600. The lowest BCUT2D eigenvalue weighted by Gasteiger charge is -2.26. The van der Waals surface area contributed by atoms with Gasteiger partial charge in [-0.15, -0.1) is 0 Å². The van der Waals surface area contributed by atoms with E-state index in [4.69, 9.17) is 28.5 Å². The van der Waals surface area contributed by atoms with E-state index in [1.54, 1.807) is 30.3 Å². The topological polar surface area (TPSA) is 63.9 Å². The van der Waals surface area contributed by atoms with Crippen LogP contribution >= 0.6 is 23.2 Å². The van der Waals surface area contributed by atoms with Gasteiger partial charge in [0.25, 0.3) is 0 Å². The highest BCUT2D eigenvalue weighted by atomic mass is 35.5. The second kappa shape index (κ2) is 5.65. The Labute approximate surface area is 106 Å². The Morgan fingerprint density at radius 1 is 1.44 bits per heavy atom. The van der Waals surface area contributed by atoms with E-state index in [1.165, 1.54) is 0 Å². The van der Waals surface area contributed by atoms with Gasteiger partial charge in [-0.2, -0.15) is 5.26 Å². The van der Waals surface area contributed by atoms with Crippen molar-refractivity contribution in [1.29, 1.82) is 5.26 Å². The van der Waals surface area contributed by atoms with Gasteiger partial charge in [-0.1, -0.05) is 53.5 Å². The molecule has 0 aliphatic rings. The Bertz CT molecular complexity index is 417. The van der Waals surface area contributed by atoms with Gasteiger partial charge in [0.05, 0.1) is 5.25 Å². The Balaban J connectivity index is 2.91. The number of benzene rings is 1. The third kappa shape index (κ3) is 3.46. The zero-order valence-electron chi connectivity index (χ0n) is 8.10. The molecule has 0 bridgehead atoms. The SMILES string of the molecule is N#CC(Cl)(Cl)C(Cc1ccccc1)S(=O)[O-]. The van der Waals surface area contributed by atoms with Crippen LogP contribution in [0.2, 0.25) is 0 Å². The molecule has 86 valence electrons. The lowest BCUT2D eigenvalue weighted by molar-refractivity contribution is 0.518. The molecule has 0 N–H and O–H groups in total. The smallest absolute Gasteiger partial charge is 0.216 e. The van der Waals surface area contributed by atoms with E-state index >= 15 is 0 Å². The highest BCUT2D eigenvalue weighted by Crippen LogP contribution is 2.30. The van der Waals surface area contributed by atoms with Crippen LogP contribution in [0.5, 0.6) is 0 Å². The van der Waals surface area contributed by atoms with Crippen molar-refractivity contribution in [1.82, 2.24) is 0 Å². The van der Waals surface area contributed by atoms with Crippen molar-refractivity contribution in [3.8, 4) is 6.07 Å². The van der Waals surface area contributed by atoms with Gasteiger partial charge in [-0.05, 0) is 23.1 Å². The molecule has 1 aromatic carbocycles. The molecule has 2 atom stereocenters. The monoisotopic (exact) mass is 276 g/mol. The summed E-state index contributed by atoms with van der Waals surface area (Å²) in [6.07, 6.45) is 0.109. The Morgan fingerprint density at radius 2 is 2.00 bits per heavy atom. The number of hydrogen-bond donors (Lipinski definition) is 0. The van der Waals surface area contributed by atoms with Crippen LogP contribution in [0.3, 0.4) is 0 Å². The third-order valence-electron chi connectivity index (χ3n) is 2.05. The molecule has 6 heteroatoms. The normalized spacial score (nSPS) is 15.1. The predicted molar refractivity (Wildman–Crippen MR) is 62.9 cm³/mol. The number of nitriles is 1. The first-order chi connectivity index (χ1) is 7.47. The van der Waals surface area contributed by atoms with Crippen LogP contribution in [-0.4, -0.2) is 18.3 Å². The summed E-state index contributed by atoms with van der Waals surface area (Å²) < 4.78 is 20.1. The highest BCUT2D eigenvalue weighted by molar-refractivity contribution is 7.80. The van der Waals surface area contributed by atoms with Gasteiger partial charge in [-0.3, -0.25) is 4.21 Å². The fourth-order valence-corrected chi connectivity index (χ4v) is 2.43. The summed E-state index contributed by atoms with van der Waals surface area (Å²) in [5.41, 5.74) is 0.762. The molecule has 0 spiro atoms. The molecule has 3 nitrogen and oxygen atoms in total. The van der Waals surface area contributed by atoms with Crippen molar-refractivity contribution in [2.45, 2.75) is 16.0 Å². The summed E-state index contributed by atoms with van der Waals surface area (Å²) in [5.74, 6) is 0. The zero-order chi connectivity index (χ0) is 12.2. The van der Waals surface area contributed by atoms with Crippen LogP contribution in [0.1, 0.15) is 5.56 Å². The summed E-state index contributed by atoms with van der Waals surface area (Å²) in [7, 11) is 0. The minimum absolute atomic E-state index is 0.109. The maximum atomic E-state index is 11.0. The minimum Gasteiger partial charge on any atom is -0.772 e. The maximum Gasteiger partial charge on any atom is 0.216 e. The second-order valence-corrected chi connectivity index (χ2v) is 5.65. The standard InChI is InChI=1S/C10H9Cl2NO2S/c11-10(12,7-13)9(16(14)15)6-8-4-2-1-3-5-8/h1-5,9H,6H2,(H,14,15)/p-1. The van der Waals surface area contributed by atoms with E-state index in [0.29, 0.717) is 0 Å². The average Bonchev–Trinajstić information content (AvgIpc) is 2.26. The first-order valence-electron chi connectivity index (χ1n) is 4.38. The lowest BCUT2D eigenvalue weighted by Crippen LogP contribution is -2.35. The van der Waals surface area contributed by atoms with E-state index in [-0.39, 0.29) is 6.42 Å². The predicted octanol–water partition coefficient (Wildman–Crippen LogP) is 2.17. The first kappa shape index (κ1) is 13.5. The third-order valence-corrected chi connectivity index (χ3v) is 3.99. The van der Waals surface area contributed by atoms with Crippen LogP contribution in [0.15, 0.2) is 30.3 Å². The molecule has 0 radical (unpaired) electrons. The average molecular weight is 277 g/mol. The van der Waals surface area contributed by atoms with Crippen LogP contribution < -0.4 is 0 Å². The molecule has 1 aromatic rings. The van der Waals surface area contributed by atoms with E-state index in [0.717, 1.165) is 5.56 Å². The molecule has 0 saturated carbocycles. The van der Waals surface area contributed by atoms with Crippen molar-refractivity contribution in [3.05, 3.63) is 35.9 Å². The fraction of sp³-hybridized carbons (Fsp3) is 0.300. The minimum atomic E-state index is -2.51. The van der Waals surface area contributed by atoms with E-state index in [1.807, 2.05) is 6.07 Å². The Kier molecular flexibility index (Phi) is 4.75. The largest absolute Gasteiger partial charge is 0.772 e. The molecule has 0 aliphatic carbocycles. The van der Waals surface area contributed by atoms with Crippen molar-refractivity contribution in [2.24, 2.45) is 0 Å². The van der Waals surface area contributed by atoms with Crippen molar-refractivity contribution >= 4 is 34.3 Å². The van der Waals surface area contributed by atoms with Gasteiger partial charge >= 0.3 is 0 Å².